The third-order valence-corrected chi connectivity index (χ3v) is 5.28. The third-order valence-electron chi connectivity index (χ3n) is 5.28. The third kappa shape index (κ3) is 9.22. The molecule has 0 unspecified atom stereocenters. The Morgan fingerprint density at radius 3 is 1.78 bits per heavy atom. The SMILES string of the molecule is CC(=O)N(c1ccc(OC(F)(F)F)cc1)c1cc(C)nn1C.Cc1cc(Nc2ccc(OC(C)(F)F)cc2)n(C)n1. The van der Waals surface area contributed by atoms with E-state index in [0.29, 0.717) is 18.4 Å². The van der Waals surface area contributed by atoms with Gasteiger partial charge in [-0.15, -0.1) is 13.2 Å². The molecule has 14 heteroatoms. The molecule has 0 saturated carbocycles. The van der Waals surface area contributed by atoms with E-state index in [-0.39, 0.29) is 17.4 Å². The lowest BCUT2D eigenvalue weighted by Crippen LogP contribution is -2.25. The number of hydrogen-bond acceptors (Lipinski definition) is 6. The Morgan fingerprint density at radius 1 is 0.829 bits per heavy atom. The molecule has 1 amide bonds. The number of nitrogens with zero attached hydrogens (tertiary/aromatic N) is 5. The molecule has 0 aliphatic carbocycles. The largest absolute Gasteiger partial charge is 0.573 e. The lowest BCUT2D eigenvalue weighted by Gasteiger charge is -2.21. The molecular weight excluding hydrogens is 551 g/mol. The molecule has 41 heavy (non-hydrogen) atoms. The van der Waals surface area contributed by atoms with Gasteiger partial charge in [0.25, 0.3) is 0 Å². The van der Waals surface area contributed by atoms with Crippen molar-refractivity contribution in [3.8, 4) is 11.5 Å². The number of halogens is 5. The Bertz CT molecular complexity index is 1460. The van der Waals surface area contributed by atoms with Gasteiger partial charge in [-0.1, -0.05) is 0 Å². The summed E-state index contributed by atoms with van der Waals surface area (Å²) in [7, 11) is 3.50. The molecule has 0 radical (unpaired) electrons. The molecule has 0 aliphatic heterocycles. The van der Waals surface area contributed by atoms with E-state index < -0.39 is 12.5 Å². The van der Waals surface area contributed by atoms with Crippen LogP contribution in [0.25, 0.3) is 0 Å². The van der Waals surface area contributed by atoms with Crippen LogP contribution in [0, 0.1) is 13.8 Å². The van der Waals surface area contributed by atoms with E-state index >= 15 is 0 Å². The average Bonchev–Trinajstić information content (AvgIpc) is 3.33. The first-order valence-electron chi connectivity index (χ1n) is 12.1. The van der Waals surface area contributed by atoms with Gasteiger partial charge >= 0.3 is 12.5 Å². The molecule has 2 aromatic heterocycles. The minimum absolute atomic E-state index is 0.124. The van der Waals surface area contributed by atoms with Gasteiger partial charge in [0.05, 0.1) is 17.1 Å². The van der Waals surface area contributed by atoms with Crippen LogP contribution in [0.3, 0.4) is 0 Å². The Labute approximate surface area is 233 Å². The summed E-state index contributed by atoms with van der Waals surface area (Å²) < 4.78 is 73.3. The number of rotatable bonds is 7. The normalized spacial score (nSPS) is 11.4. The first-order chi connectivity index (χ1) is 19.0. The predicted octanol–water partition coefficient (Wildman–Crippen LogP) is 6.78. The topological polar surface area (TPSA) is 86.4 Å². The Kier molecular flexibility index (Phi) is 9.25. The molecule has 0 bridgehead atoms. The fraction of sp³-hybridized carbons (Fsp3) is 0.296. The number of anilines is 4. The van der Waals surface area contributed by atoms with Crippen molar-refractivity contribution in [3.05, 3.63) is 72.1 Å². The number of hydrogen-bond donors (Lipinski definition) is 1. The molecule has 9 nitrogen and oxygen atoms in total. The lowest BCUT2D eigenvalue weighted by molar-refractivity contribution is -0.274. The minimum Gasteiger partial charge on any atom is -0.433 e. The Morgan fingerprint density at radius 2 is 1.34 bits per heavy atom. The van der Waals surface area contributed by atoms with E-state index in [1.54, 1.807) is 36.9 Å². The number of ether oxygens (including phenoxy) is 2. The molecule has 1 N–H and O–H groups in total. The second-order valence-corrected chi connectivity index (χ2v) is 9.02. The van der Waals surface area contributed by atoms with Crippen molar-refractivity contribution in [3.63, 3.8) is 0 Å². The summed E-state index contributed by atoms with van der Waals surface area (Å²) in [5, 5.41) is 11.5. The van der Waals surface area contributed by atoms with Crippen LogP contribution in [0.4, 0.5) is 45.0 Å². The molecule has 2 heterocycles. The van der Waals surface area contributed by atoms with Gasteiger partial charge in [-0.3, -0.25) is 19.1 Å². The van der Waals surface area contributed by atoms with Crippen molar-refractivity contribution >= 4 is 28.9 Å². The van der Waals surface area contributed by atoms with Crippen LogP contribution in [0.5, 0.6) is 11.5 Å². The van der Waals surface area contributed by atoms with Gasteiger partial charge in [-0.25, -0.2) is 0 Å². The summed E-state index contributed by atoms with van der Waals surface area (Å²) in [5.41, 5.74) is 2.82. The van der Waals surface area contributed by atoms with Crippen LogP contribution >= 0.6 is 0 Å². The van der Waals surface area contributed by atoms with Gasteiger partial charge < -0.3 is 14.8 Å². The van der Waals surface area contributed by atoms with E-state index in [2.05, 4.69) is 25.0 Å². The molecule has 220 valence electrons. The fourth-order valence-electron chi connectivity index (χ4n) is 3.77. The number of amides is 1. The number of carbonyl (C=O) groups excluding carboxylic acids is 1. The minimum atomic E-state index is -4.75. The maximum absolute atomic E-state index is 12.7. The second-order valence-electron chi connectivity index (χ2n) is 9.02. The molecule has 0 atom stereocenters. The van der Waals surface area contributed by atoms with Gasteiger partial charge in [0.15, 0.2) is 0 Å². The number of alkyl halides is 5. The quantitative estimate of drug-likeness (QED) is 0.243. The first kappa shape index (κ1) is 30.9. The molecule has 0 spiro atoms. The zero-order chi connectivity index (χ0) is 30.5. The molecule has 0 aliphatic rings. The zero-order valence-corrected chi connectivity index (χ0v) is 23.1. The number of aryl methyl sites for hydroxylation is 4. The van der Waals surface area contributed by atoms with E-state index in [9.17, 15) is 26.7 Å². The fourth-order valence-corrected chi connectivity index (χ4v) is 3.77. The highest BCUT2D eigenvalue weighted by atomic mass is 19.4. The maximum atomic E-state index is 12.7. The molecule has 4 aromatic rings. The highest BCUT2D eigenvalue weighted by Gasteiger charge is 2.31. The number of carbonyl (C=O) groups is 1. The zero-order valence-electron chi connectivity index (χ0n) is 23.1. The second kappa shape index (κ2) is 12.3. The van der Waals surface area contributed by atoms with Gasteiger partial charge in [0.1, 0.15) is 23.1 Å². The molecule has 2 aromatic carbocycles. The van der Waals surface area contributed by atoms with Crippen LogP contribution < -0.4 is 19.7 Å². The van der Waals surface area contributed by atoms with E-state index in [1.165, 1.54) is 40.8 Å². The predicted molar refractivity (Wildman–Crippen MR) is 143 cm³/mol. The summed E-state index contributed by atoms with van der Waals surface area (Å²) in [6, 6.07) is 15.0. The Balaban J connectivity index is 0.000000228. The van der Waals surface area contributed by atoms with E-state index in [0.717, 1.165) is 35.0 Å². The molecule has 0 saturated heterocycles. The maximum Gasteiger partial charge on any atom is 0.573 e. The van der Waals surface area contributed by atoms with E-state index in [4.69, 9.17) is 0 Å². The van der Waals surface area contributed by atoms with Crippen molar-refractivity contribution in [2.24, 2.45) is 14.1 Å². The number of aromatic nitrogens is 4. The van der Waals surface area contributed by atoms with E-state index in [1.807, 2.05) is 20.0 Å². The average molecular weight is 581 g/mol. The highest BCUT2D eigenvalue weighted by Crippen LogP contribution is 2.30. The van der Waals surface area contributed by atoms with Crippen molar-refractivity contribution in [1.82, 2.24) is 19.6 Å². The lowest BCUT2D eigenvalue weighted by atomic mass is 10.2. The molecule has 0 fully saturated rings. The molecule has 4 rings (SSSR count). The van der Waals surface area contributed by atoms with Crippen molar-refractivity contribution in [2.45, 2.75) is 40.2 Å². The van der Waals surface area contributed by atoms with Crippen molar-refractivity contribution < 1.29 is 36.2 Å². The van der Waals surface area contributed by atoms with Gasteiger partial charge in [0.2, 0.25) is 5.91 Å². The summed E-state index contributed by atoms with van der Waals surface area (Å²) in [6.45, 7) is 5.74. The van der Waals surface area contributed by atoms with Gasteiger partial charge in [-0.2, -0.15) is 19.0 Å². The summed E-state index contributed by atoms with van der Waals surface area (Å²) in [6.07, 6.45) is -7.92. The summed E-state index contributed by atoms with van der Waals surface area (Å²) >= 11 is 0. The van der Waals surface area contributed by atoms with Crippen LogP contribution in [-0.2, 0) is 18.9 Å². The van der Waals surface area contributed by atoms with Crippen molar-refractivity contribution in [1.29, 1.82) is 0 Å². The van der Waals surface area contributed by atoms with Crippen LogP contribution in [0.15, 0.2) is 60.7 Å². The monoisotopic (exact) mass is 580 g/mol. The summed E-state index contributed by atoms with van der Waals surface area (Å²) in [4.78, 5) is 13.3. The van der Waals surface area contributed by atoms with Crippen LogP contribution in [-0.4, -0.2) is 37.9 Å². The summed E-state index contributed by atoms with van der Waals surface area (Å²) in [5.74, 6) is 0.842. The van der Waals surface area contributed by atoms with Crippen molar-refractivity contribution in [2.75, 3.05) is 10.2 Å². The number of benzene rings is 2. The molecular formula is C27H29F5N6O3. The standard InChI is InChI=1S/C14H14F3N3O2.C13H15F2N3O/c1-9-8-13(19(3)18-9)20(10(2)21)11-4-6-12(7-5-11)22-14(15,16)17;1-9-8-12(18(3)17-9)16-10-4-6-11(7-5-10)19-13(2,14)15/h4-8H,1-3H3;4-8,16H,1-3H3. The van der Waals surface area contributed by atoms with Gasteiger partial charge in [0, 0.05) is 45.8 Å². The smallest absolute Gasteiger partial charge is 0.433 e. The first-order valence-corrected chi connectivity index (χ1v) is 12.1. The van der Waals surface area contributed by atoms with Crippen LogP contribution in [0.2, 0.25) is 0 Å². The van der Waals surface area contributed by atoms with Gasteiger partial charge in [-0.05, 0) is 62.4 Å². The number of nitrogens with one attached hydrogen (secondary N) is 1. The Hall–Kier alpha value is -4.62. The van der Waals surface area contributed by atoms with Crippen LogP contribution in [0.1, 0.15) is 25.2 Å². The highest BCUT2D eigenvalue weighted by molar-refractivity contribution is 5.98.